The number of nitrogens with one attached hydrogen (secondary N) is 1. The molecule has 0 spiro atoms. The smallest absolute Gasteiger partial charge is 0.231 e. The largest absolute Gasteiger partial charge is 0.377 e. The molecule has 0 radical (unpaired) electrons. The molecule has 96 valence electrons. The van der Waals surface area contributed by atoms with Crippen LogP contribution in [-0.4, -0.2) is 40.5 Å². The summed E-state index contributed by atoms with van der Waals surface area (Å²) in [6, 6.07) is 0. The fourth-order valence-electron chi connectivity index (χ4n) is 1.64. The highest BCUT2D eigenvalue weighted by Gasteiger charge is 2.15. The van der Waals surface area contributed by atoms with E-state index in [-0.39, 0.29) is 12.5 Å². The molecule has 1 heterocycles. The highest BCUT2D eigenvalue weighted by Crippen LogP contribution is 2.18. The van der Waals surface area contributed by atoms with Crippen molar-refractivity contribution in [2.45, 2.75) is 20.4 Å². The van der Waals surface area contributed by atoms with Gasteiger partial charge in [-0.3, -0.25) is 9.69 Å². The lowest BCUT2D eigenvalue weighted by molar-refractivity contribution is -0.119. The number of carbonyl (C=O) groups excluding carboxylic acids is 1. The molecule has 3 N–H and O–H groups in total. The molecular formula is C10H19N5OS. The Labute approximate surface area is 105 Å². The van der Waals surface area contributed by atoms with Gasteiger partial charge in [-0.25, -0.2) is 0 Å². The molecule has 7 heteroatoms. The van der Waals surface area contributed by atoms with Crippen LogP contribution in [0.4, 0.5) is 5.00 Å². The van der Waals surface area contributed by atoms with Gasteiger partial charge in [0.2, 0.25) is 5.91 Å². The number of primary amides is 1. The van der Waals surface area contributed by atoms with Gasteiger partial charge in [0.15, 0.2) is 0 Å². The zero-order chi connectivity index (χ0) is 12.8. The van der Waals surface area contributed by atoms with Gasteiger partial charge in [0, 0.05) is 31.7 Å². The Morgan fingerprint density at radius 1 is 1.59 bits per heavy atom. The van der Waals surface area contributed by atoms with Crippen LogP contribution < -0.4 is 11.1 Å². The molecule has 0 aromatic carbocycles. The molecule has 6 nitrogen and oxygen atoms in total. The van der Waals surface area contributed by atoms with E-state index in [1.54, 1.807) is 0 Å². The molecule has 0 unspecified atom stereocenters. The zero-order valence-corrected chi connectivity index (χ0v) is 11.3. The minimum Gasteiger partial charge on any atom is -0.377 e. The van der Waals surface area contributed by atoms with Gasteiger partial charge in [-0.15, -0.1) is 5.10 Å². The number of hydrogen-bond donors (Lipinski definition) is 2. The Morgan fingerprint density at radius 2 is 2.29 bits per heavy atom. The number of amides is 1. The van der Waals surface area contributed by atoms with E-state index in [9.17, 15) is 4.79 Å². The first-order valence-corrected chi connectivity index (χ1v) is 6.30. The van der Waals surface area contributed by atoms with E-state index in [4.69, 9.17) is 5.73 Å². The number of nitrogens with two attached hydrogens (primary N) is 1. The Morgan fingerprint density at radius 3 is 2.82 bits per heavy atom. The van der Waals surface area contributed by atoms with Crippen molar-refractivity contribution in [1.82, 2.24) is 14.5 Å². The van der Waals surface area contributed by atoms with Crippen molar-refractivity contribution >= 4 is 22.4 Å². The summed E-state index contributed by atoms with van der Waals surface area (Å²) in [6.07, 6.45) is 0. The highest BCUT2D eigenvalue weighted by atomic mass is 32.1. The van der Waals surface area contributed by atoms with Crippen LogP contribution in [-0.2, 0) is 11.3 Å². The summed E-state index contributed by atoms with van der Waals surface area (Å²) in [5.41, 5.74) is 6.10. The molecule has 1 amide bonds. The SMILES string of the molecule is CNc1snnc1CN(CC(N)=O)CC(C)C. The van der Waals surface area contributed by atoms with E-state index < -0.39 is 0 Å². The lowest BCUT2D eigenvalue weighted by Crippen LogP contribution is -2.36. The van der Waals surface area contributed by atoms with Crippen LogP contribution >= 0.6 is 11.5 Å². The van der Waals surface area contributed by atoms with E-state index in [1.807, 2.05) is 11.9 Å². The topological polar surface area (TPSA) is 84.1 Å². The first-order valence-electron chi connectivity index (χ1n) is 5.52. The molecule has 0 bridgehead atoms. The third-order valence-corrected chi connectivity index (χ3v) is 2.94. The van der Waals surface area contributed by atoms with Gasteiger partial charge < -0.3 is 11.1 Å². The summed E-state index contributed by atoms with van der Waals surface area (Å²) in [5.74, 6) is 0.152. The molecule has 0 aliphatic rings. The predicted octanol–water partition coefficient (Wildman–Crippen LogP) is 0.523. The normalized spacial score (nSPS) is 11.1. The molecule has 1 aromatic heterocycles. The van der Waals surface area contributed by atoms with Crippen LogP contribution in [0.2, 0.25) is 0 Å². The van der Waals surface area contributed by atoms with Gasteiger partial charge in [-0.1, -0.05) is 18.3 Å². The number of nitrogens with zero attached hydrogens (tertiary/aromatic N) is 3. The number of aromatic nitrogens is 2. The summed E-state index contributed by atoms with van der Waals surface area (Å²) < 4.78 is 3.89. The maximum Gasteiger partial charge on any atom is 0.231 e. The summed E-state index contributed by atoms with van der Waals surface area (Å²) in [5, 5.41) is 8.03. The molecule has 0 saturated heterocycles. The fourth-order valence-corrected chi connectivity index (χ4v) is 2.16. The Kier molecular flexibility index (Phi) is 5.30. The Bertz CT molecular complexity index is 365. The second-order valence-electron chi connectivity index (χ2n) is 4.33. The first kappa shape index (κ1) is 13.9. The summed E-state index contributed by atoms with van der Waals surface area (Å²) in [4.78, 5) is 13.0. The lowest BCUT2D eigenvalue weighted by atomic mass is 10.2. The van der Waals surface area contributed by atoms with Crippen LogP contribution in [0, 0.1) is 5.92 Å². The lowest BCUT2D eigenvalue weighted by Gasteiger charge is -2.21. The number of anilines is 1. The van der Waals surface area contributed by atoms with Gasteiger partial charge in [0.25, 0.3) is 0 Å². The molecule has 0 atom stereocenters. The molecule has 0 aliphatic heterocycles. The van der Waals surface area contributed by atoms with E-state index in [1.165, 1.54) is 11.5 Å². The van der Waals surface area contributed by atoms with Gasteiger partial charge in [0.1, 0.15) is 10.7 Å². The van der Waals surface area contributed by atoms with Gasteiger partial charge in [-0.2, -0.15) is 0 Å². The minimum absolute atomic E-state index is 0.249. The average Bonchev–Trinajstić information content (AvgIpc) is 2.62. The van der Waals surface area contributed by atoms with E-state index in [2.05, 4.69) is 28.8 Å². The quantitative estimate of drug-likeness (QED) is 0.744. The zero-order valence-electron chi connectivity index (χ0n) is 10.4. The minimum atomic E-state index is -0.320. The van der Waals surface area contributed by atoms with E-state index in [0.717, 1.165) is 17.2 Å². The molecule has 0 saturated carbocycles. The van der Waals surface area contributed by atoms with E-state index in [0.29, 0.717) is 12.5 Å². The average molecular weight is 257 g/mol. The third-order valence-electron chi connectivity index (χ3n) is 2.16. The molecule has 0 fully saturated rings. The van der Waals surface area contributed by atoms with Crippen molar-refractivity contribution in [2.75, 3.05) is 25.5 Å². The summed E-state index contributed by atoms with van der Waals surface area (Å²) in [7, 11) is 1.83. The maximum absolute atomic E-state index is 11.0. The van der Waals surface area contributed by atoms with Crippen molar-refractivity contribution < 1.29 is 4.79 Å². The summed E-state index contributed by atoms with van der Waals surface area (Å²) >= 11 is 1.31. The van der Waals surface area contributed by atoms with Crippen molar-refractivity contribution in [3.63, 3.8) is 0 Å². The van der Waals surface area contributed by atoms with Crippen LogP contribution in [0.15, 0.2) is 0 Å². The second kappa shape index (κ2) is 6.51. The Hall–Kier alpha value is -1.21. The van der Waals surface area contributed by atoms with Crippen LogP contribution in [0.1, 0.15) is 19.5 Å². The van der Waals surface area contributed by atoms with Crippen molar-refractivity contribution in [3.05, 3.63) is 5.69 Å². The van der Waals surface area contributed by atoms with Gasteiger partial charge >= 0.3 is 0 Å². The van der Waals surface area contributed by atoms with Crippen molar-refractivity contribution in [3.8, 4) is 0 Å². The molecule has 0 aliphatic carbocycles. The van der Waals surface area contributed by atoms with Crippen LogP contribution in [0.3, 0.4) is 0 Å². The standard InChI is InChI=1S/C10H19N5OS/c1-7(2)4-15(6-9(11)16)5-8-10(12-3)17-14-13-8/h7,12H,4-6H2,1-3H3,(H2,11,16). The highest BCUT2D eigenvalue weighted by molar-refractivity contribution is 7.10. The maximum atomic E-state index is 11.0. The first-order chi connectivity index (χ1) is 8.02. The molecule has 1 aromatic rings. The number of carbonyl (C=O) groups is 1. The number of rotatable bonds is 7. The predicted molar refractivity (Wildman–Crippen MR) is 68.8 cm³/mol. The van der Waals surface area contributed by atoms with Gasteiger partial charge in [-0.05, 0) is 5.92 Å². The second-order valence-corrected chi connectivity index (χ2v) is 5.08. The van der Waals surface area contributed by atoms with E-state index >= 15 is 0 Å². The Balaban J connectivity index is 2.67. The summed E-state index contributed by atoms with van der Waals surface area (Å²) in [6.45, 7) is 5.86. The molecule has 17 heavy (non-hydrogen) atoms. The van der Waals surface area contributed by atoms with Crippen molar-refractivity contribution in [1.29, 1.82) is 0 Å². The molecular weight excluding hydrogens is 238 g/mol. The third kappa shape index (κ3) is 4.66. The van der Waals surface area contributed by atoms with Crippen LogP contribution in [0.5, 0.6) is 0 Å². The number of hydrogen-bond acceptors (Lipinski definition) is 6. The van der Waals surface area contributed by atoms with Crippen molar-refractivity contribution in [2.24, 2.45) is 11.7 Å². The van der Waals surface area contributed by atoms with Gasteiger partial charge in [0.05, 0.1) is 6.54 Å². The van der Waals surface area contributed by atoms with Crippen LogP contribution in [0.25, 0.3) is 0 Å². The monoisotopic (exact) mass is 257 g/mol. The molecule has 1 rings (SSSR count). The fraction of sp³-hybridized carbons (Fsp3) is 0.700.